The van der Waals surface area contributed by atoms with E-state index in [1.807, 2.05) is 12.1 Å². The number of para-hydroxylation sites is 9. The van der Waals surface area contributed by atoms with Gasteiger partial charge in [0.15, 0.2) is 5.58 Å². The number of aryl methyl sites for hydroxylation is 1. The van der Waals surface area contributed by atoms with Gasteiger partial charge >= 0.3 is 0 Å². The average molecular weight is 1440 g/mol. The van der Waals surface area contributed by atoms with Gasteiger partial charge in [-0.25, -0.2) is 4.39 Å². The second-order valence-electron chi connectivity index (χ2n) is 31.2. The van der Waals surface area contributed by atoms with Crippen LogP contribution in [0.3, 0.4) is 0 Å². The molecule has 0 amide bonds. The van der Waals surface area contributed by atoms with Crippen molar-refractivity contribution in [3.63, 3.8) is 0 Å². The number of fused-ring (bicyclic) bond motifs is 11. The maximum Gasteiger partial charge on any atom is 0.252 e. The quantitative estimate of drug-likeness (QED) is 0.100. The highest BCUT2D eigenvalue weighted by atomic mass is 28.3. The molecule has 0 N–H and O–H groups in total. The lowest BCUT2D eigenvalue weighted by Gasteiger charge is -2.45. The molecule has 522 valence electrons. The Bertz CT molecular complexity index is 6260. The van der Waals surface area contributed by atoms with E-state index in [4.69, 9.17) is 4.42 Å². The molecule has 15 aromatic carbocycles. The highest BCUT2D eigenvalue weighted by Crippen LogP contribution is 2.51. The zero-order chi connectivity index (χ0) is 73.4. The maximum absolute atomic E-state index is 14.9. The number of anilines is 18. The summed E-state index contributed by atoms with van der Waals surface area (Å²) in [5.41, 5.74) is 31.5. The van der Waals surface area contributed by atoms with Crippen molar-refractivity contribution >= 4 is 197 Å². The molecule has 0 aliphatic carbocycles. The molecule has 0 spiro atoms. The van der Waals surface area contributed by atoms with Gasteiger partial charge in [0.2, 0.25) is 0 Å². The van der Waals surface area contributed by atoms with Gasteiger partial charge in [-0.3, -0.25) is 0 Å². The van der Waals surface area contributed by atoms with Crippen molar-refractivity contribution in [2.24, 2.45) is 0 Å². The maximum atomic E-state index is 14.9. The van der Waals surface area contributed by atoms with Crippen LogP contribution >= 0.6 is 0 Å². The van der Waals surface area contributed by atoms with Crippen LogP contribution < -0.4 is 72.5 Å². The van der Waals surface area contributed by atoms with E-state index in [-0.39, 0.29) is 19.2 Å². The predicted octanol–water partition coefficient (Wildman–Crippen LogP) is 21.4. The van der Waals surface area contributed by atoms with Crippen molar-refractivity contribution in [3.05, 3.63) is 363 Å². The molecule has 0 atom stereocenters. The van der Waals surface area contributed by atoms with Gasteiger partial charge in [-0.2, -0.15) is 0 Å². The molecule has 20 rings (SSSR count). The molecule has 4 aliphatic rings. The highest BCUT2D eigenvalue weighted by Gasteiger charge is 2.47. The Hall–Kier alpha value is -12.6. The standard InChI is InChI=1S/C97H77B2FN6OSi2/c1-65-29-22-25-43-84(65)101(73-50-48-67(100)49-51-73)74-52-54-82-88(58-74)106(72-38-20-11-21-39-72)93-63-77(62-92-96(93)99(82)81-42-24-27-45-86(81)104(92)70-34-16-9-17-35-70)109(5,6)64-66-47-56-94-79(57-66)78-40-28-46-87(97(78)107-94)102(68-30-12-7-13-31-68)75-53-55-83-89(59-75)105(71-36-18-10-19-37-71)91-61-76(108(2,3)4)60-90-95(91)98(83)80-41-23-26-44-85(80)103(90)69-32-14-8-15-33-69/h7-63H,64H2,1-6H3. The molecule has 4 aliphatic heterocycles. The van der Waals surface area contributed by atoms with Crippen LogP contribution in [0.5, 0.6) is 0 Å². The van der Waals surface area contributed by atoms with Crippen LogP contribution in [0.2, 0.25) is 32.7 Å². The Morgan fingerprint density at radius 3 is 1.23 bits per heavy atom. The molecule has 0 bridgehead atoms. The van der Waals surface area contributed by atoms with Crippen LogP contribution in [0.15, 0.2) is 350 Å². The smallest absolute Gasteiger partial charge is 0.252 e. The van der Waals surface area contributed by atoms with E-state index in [1.165, 1.54) is 77.2 Å². The molecule has 5 heterocycles. The van der Waals surface area contributed by atoms with E-state index in [0.717, 1.165) is 107 Å². The monoisotopic (exact) mass is 1440 g/mol. The Balaban J connectivity index is 0.725. The summed E-state index contributed by atoms with van der Waals surface area (Å²) in [6, 6.07) is 127. The Kier molecular flexibility index (Phi) is 15.6. The fourth-order valence-electron chi connectivity index (χ4n) is 18.0. The van der Waals surface area contributed by atoms with Gasteiger partial charge in [0.25, 0.3) is 13.4 Å². The van der Waals surface area contributed by atoms with E-state index >= 15 is 0 Å². The van der Waals surface area contributed by atoms with Gasteiger partial charge in [0.1, 0.15) is 11.4 Å². The number of hydrogen-bond acceptors (Lipinski definition) is 7. The second-order valence-corrected chi connectivity index (χ2v) is 41.0. The lowest BCUT2D eigenvalue weighted by Crippen LogP contribution is -2.62. The first-order valence-electron chi connectivity index (χ1n) is 37.9. The molecule has 16 aromatic rings. The van der Waals surface area contributed by atoms with Crippen molar-refractivity contribution in [1.29, 1.82) is 0 Å². The lowest BCUT2D eigenvalue weighted by atomic mass is 9.33. The lowest BCUT2D eigenvalue weighted by molar-refractivity contribution is 0.628. The summed E-state index contributed by atoms with van der Waals surface area (Å²) in [7, 11) is -4.44. The van der Waals surface area contributed by atoms with E-state index in [0.29, 0.717) is 0 Å². The van der Waals surface area contributed by atoms with Gasteiger partial charge in [-0.15, -0.1) is 0 Å². The van der Waals surface area contributed by atoms with Crippen LogP contribution in [-0.4, -0.2) is 29.6 Å². The highest BCUT2D eigenvalue weighted by molar-refractivity contribution is 7.01. The molecule has 0 fully saturated rings. The van der Waals surface area contributed by atoms with Crippen molar-refractivity contribution < 1.29 is 8.81 Å². The third-order valence-electron chi connectivity index (χ3n) is 23.0. The molecule has 12 heteroatoms. The number of hydrogen-bond donors (Lipinski definition) is 0. The summed E-state index contributed by atoms with van der Waals surface area (Å²) in [4.78, 5) is 14.8. The number of benzene rings is 15. The van der Waals surface area contributed by atoms with Crippen LogP contribution in [-0.2, 0) is 6.04 Å². The fourth-order valence-corrected chi connectivity index (χ4v) is 21.6. The predicted molar refractivity (Wildman–Crippen MR) is 466 cm³/mol. The molecule has 109 heavy (non-hydrogen) atoms. The second kappa shape index (κ2) is 25.8. The van der Waals surface area contributed by atoms with Crippen LogP contribution in [0.25, 0.3) is 21.9 Å². The number of rotatable bonds is 14. The van der Waals surface area contributed by atoms with Gasteiger partial charge in [0, 0.05) is 107 Å². The first-order valence-corrected chi connectivity index (χ1v) is 44.6. The van der Waals surface area contributed by atoms with Crippen molar-refractivity contribution in [2.45, 2.75) is 45.7 Å². The molecular formula is C97H77B2FN6OSi2. The van der Waals surface area contributed by atoms with E-state index in [2.05, 4.69) is 391 Å². The van der Waals surface area contributed by atoms with E-state index in [1.54, 1.807) is 12.1 Å². The molecule has 7 nitrogen and oxygen atoms in total. The molecule has 1 aromatic heterocycles. The summed E-state index contributed by atoms with van der Waals surface area (Å²) in [6.45, 7) is 14.5. The van der Waals surface area contributed by atoms with Gasteiger partial charge in [-0.05, 0) is 227 Å². The first kappa shape index (κ1) is 65.9. The molecule has 0 saturated carbocycles. The van der Waals surface area contributed by atoms with Crippen molar-refractivity contribution in [2.75, 3.05) is 29.4 Å². The van der Waals surface area contributed by atoms with Gasteiger partial charge in [0.05, 0.1) is 21.8 Å². The van der Waals surface area contributed by atoms with Gasteiger partial charge < -0.3 is 33.8 Å². The summed E-state index contributed by atoms with van der Waals surface area (Å²) < 4.78 is 22.2. The zero-order valence-corrected chi connectivity index (χ0v) is 63.7. The molecule has 0 saturated heterocycles. The summed E-state index contributed by atoms with van der Waals surface area (Å²) in [6.07, 6.45) is 0. The Morgan fingerprint density at radius 2 is 0.734 bits per heavy atom. The summed E-state index contributed by atoms with van der Waals surface area (Å²) >= 11 is 0. The van der Waals surface area contributed by atoms with Crippen LogP contribution in [0, 0.1) is 12.7 Å². The minimum atomic E-state index is -2.51. The van der Waals surface area contributed by atoms with E-state index < -0.39 is 16.1 Å². The fraction of sp³-hybridized carbons (Fsp3) is 0.0722. The largest absolute Gasteiger partial charge is 0.454 e. The molecule has 0 unspecified atom stereocenters. The minimum absolute atomic E-state index is 0.0334. The topological polar surface area (TPSA) is 32.6 Å². The zero-order valence-electron chi connectivity index (χ0n) is 61.7. The Morgan fingerprint density at radius 1 is 0.330 bits per heavy atom. The third kappa shape index (κ3) is 10.9. The number of nitrogens with zero attached hydrogens (tertiary/aromatic N) is 6. The van der Waals surface area contributed by atoms with Gasteiger partial charge in [-0.1, -0.05) is 219 Å². The molecule has 0 radical (unpaired) electrons. The first-order chi connectivity index (χ1) is 53.3. The SMILES string of the molecule is Cc1ccccc1N(c1ccc(F)cc1)c1ccc2c(c1)N(c1ccccc1)c1cc([Si](C)(C)Cc3ccc4oc5c(N(c6ccccc6)c6ccc7c(c6)N(c6ccccc6)c6cc([Si](C)(C)C)cc8c6B7c6ccccc6N8c6ccccc6)cccc5c4c3)cc3c1B2c1ccccc1N3c1ccccc1. The van der Waals surface area contributed by atoms with E-state index in [9.17, 15) is 4.39 Å². The normalized spacial score (nSPS) is 13.2. The Labute approximate surface area is 639 Å². The minimum Gasteiger partial charge on any atom is -0.454 e. The van der Waals surface area contributed by atoms with Crippen LogP contribution in [0.1, 0.15) is 11.1 Å². The average Bonchev–Trinajstić information content (AvgIpc) is 1.12. The van der Waals surface area contributed by atoms with Crippen molar-refractivity contribution in [3.8, 4) is 0 Å². The van der Waals surface area contributed by atoms with Crippen LogP contribution in [0.4, 0.5) is 107 Å². The number of furan rings is 1. The number of halogens is 1. The third-order valence-corrected chi connectivity index (χ3v) is 28.2. The summed E-state index contributed by atoms with van der Waals surface area (Å²) in [5.74, 6) is -0.271. The summed E-state index contributed by atoms with van der Waals surface area (Å²) in [5, 5.41) is 4.92. The molecular weight excluding hydrogens is 1360 g/mol. The van der Waals surface area contributed by atoms with Crippen molar-refractivity contribution in [1.82, 2.24) is 0 Å².